The highest BCUT2D eigenvalue weighted by atomic mass is 32.1. The van der Waals surface area contributed by atoms with Gasteiger partial charge in [-0.3, -0.25) is 24.1 Å². The number of ether oxygens (including phenoxy) is 2. The first-order chi connectivity index (χ1) is 15.9. The minimum Gasteiger partial charge on any atom is -0.379 e. The number of benzene rings is 2. The van der Waals surface area contributed by atoms with Crippen LogP contribution in [0.25, 0.3) is 10.8 Å². The smallest absolute Gasteiger partial charge is 0.267 e. The van der Waals surface area contributed by atoms with Gasteiger partial charge in [-0.2, -0.15) is 0 Å². The van der Waals surface area contributed by atoms with Crippen molar-refractivity contribution in [2.24, 2.45) is 0 Å². The molecule has 3 heterocycles. The number of hydrogen-bond donors (Lipinski definition) is 0. The van der Waals surface area contributed by atoms with Gasteiger partial charge in [0.15, 0.2) is 5.13 Å². The zero-order valence-electron chi connectivity index (χ0n) is 17.9. The van der Waals surface area contributed by atoms with Gasteiger partial charge in [-0.15, -0.1) is 11.3 Å². The van der Waals surface area contributed by atoms with Gasteiger partial charge < -0.3 is 9.47 Å². The van der Waals surface area contributed by atoms with Crippen LogP contribution in [0.1, 0.15) is 48.4 Å². The fourth-order valence-corrected chi connectivity index (χ4v) is 4.74. The Kier molecular flexibility index (Phi) is 5.28. The number of carbonyl (C=O) groups is 4. The summed E-state index contributed by atoms with van der Waals surface area (Å²) in [5.41, 5.74) is 1.06. The molecule has 0 N–H and O–H groups in total. The number of imide groups is 2. The van der Waals surface area contributed by atoms with Crippen LogP contribution in [0.15, 0.2) is 35.8 Å². The van der Waals surface area contributed by atoms with Gasteiger partial charge in [0.25, 0.3) is 23.6 Å². The van der Waals surface area contributed by atoms with Crippen molar-refractivity contribution in [3.63, 3.8) is 0 Å². The normalized spacial score (nSPS) is 16.2. The number of anilines is 1. The Labute approximate surface area is 192 Å². The lowest BCUT2D eigenvalue weighted by Gasteiger charge is -2.31. The third-order valence-corrected chi connectivity index (χ3v) is 6.56. The Morgan fingerprint density at radius 2 is 1.45 bits per heavy atom. The van der Waals surface area contributed by atoms with E-state index in [1.165, 1.54) is 41.8 Å². The van der Waals surface area contributed by atoms with Crippen LogP contribution in [0.2, 0.25) is 0 Å². The van der Waals surface area contributed by atoms with Crippen molar-refractivity contribution in [3.8, 4) is 0 Å². The van der Waals surface area contributed by atoms with Gasteiger partial charge in [-0.25, -0.2) is 9.88 Å². The molecule has 1 atom stereocenters. The first kappa shape index (κ1) is 21.4. The van der Waals surface area contributed by atoms with E-state index in [0.717, 1.165) is 9.80 Å². The fraction of sp³-hybridized carbons (Fsp3) is 0.261. The van der Waals surface area contributed by atoms with Crippen LogP contribution in [0, 0.1) is 0 Å². The van der Waals surface area contributed by atoms with E-state index in [1.54, 1.807) is 12.5 Å². The number of hydrogen-bond acceptors (Lipinski definition) is 8. The van der Waals surface area contributed by atoms with Crippen LogP contribution >= 0.6 is 11.3 Å². The molecular formula is C23H19N3O6S. The van der Waals surface area contributed by atoms with Crippen LogP contribution < -0.4 is 4.90 Å². The number of aromatic nitrogens is 1. The summed E-state index contributed by atoms with van der Waals surface area (Å²) < 4.78 is 10.6. The highest BCUT2D eigenvalue weighted by Gasteiger charge is 2.40. The van der Waals surface area contributed by atoms with Gasteiger partial charge in [0.05, 0.1) is 25.9 Å². The second-order valence-electron chi connectivity index (χ2n) is 7.71. The molecule has 0 saturated heterocycles. The third kappa shape index (κ3) is 3.26. The summed E-state index contributed by atoms with van der Waals surface area (Å²) in [6, 6.07) is 6.13. The van der Waals surface area contributed by atoms with Crippen LogP contribution in [-0.4, -0.2) is 66.5 Å². The first-order valence-corrected chi connectivity index (χ1v) is 11.2. The largest absolute Gasteiger partial charge is 0.379 e. The lowest BCUT2D eigenvalue weighted by molar-refractivity contribution is 0.0119. The average Bonchev–Trinajstić information content (AvgIpc) is 3.34. The van der Waals surface area contributed by atoms with E-state index in [0.29, 0.717) is 17.4 Å². The zero-order valence-corrected chi connectivity index (χ0v) is 18.7. The molecule has 0 aliphatic carbocycles. The minimum atomic E-state index is -0.533. The summed E-state index contributed by atoms with van der Waals surface area (Å²) in [6.45, 7) is 2.44. The molecule has 1 unspecified atom stereocenters. The van der Waals surface area contributed by atoms with E-state index in [-0.39, 0.29) is 46.6 Å². The highest BCUT2D eigenvalue weighted by Crippen LogP contribution is 2.39. The Morgan fingerprint density at radius 3 is 1.94 bits per heavy atom. The van der Waals surface area contributed by atoms with Crippen molar-refractivity contribution >= 4 is 50.9 Å². The van der Waals surface area contributed by atoms with E-state index >= 15 is 0 Å². The van der Waals surface area contributed by atoms with E-state index < -0.39 is 23.6 Å². The average molecular weight is 465 g/mol. The first-order valence-electron chi connectivity index (χ1n) is 10.3. The molecular weight excluding hydrogens is 446 g/mol. The molecule has 10 heteroatoms. The Hall–Kier alpha value is -3.47. The maximum Gasteiger partial charge on any atom is 0.267 e. The van der Waals surface area contributed by atoms with Gasteiger partial charge in [-0.05, 0) is 31.2 Å². The van der Waals surface area contributed by atoms with E-state index in [1.807, 2.05) is 6.92 Å². The molecule has 0 saturated carbocycles. The predicted molar refractivity (Wildman–Crippen MR) is 120 cm³/mol. The molecule has 0 radical (unpaired) electrons. The second-order valence-corrected chi connectivity index (χ2v) is 8.59. The van der Waals surface area contributed by atoms with Gasteiger partial charge in [0.1, 0.15) is 0 Å². The summed E-state index contributed by atoms with van der Waals surface area (Å²) >= 11 is 1.18. The number of thiazole rings is 1. The Morgan fingerprint density at radius 1 is 0.909 bits per heavy atom. The molecule has 2 aliphatic heterocycles. The molecule has 0 bridgehead atoms. The molecule has 5 rings (SSSR count). The van der Waals surface area contributed by atoms with Crippen LogP contribution in [-0.2, 0) is 9.47 Å². The summed E-state index contributed by atoms with van der Waals surface area (Å²) in [5.74, 6) is -2.04. The molecule has 1 aromatic heterocycles. The lowest BCUT2D eigenvalue weighted by atomic mass is 9.86. The SMILES string of the molecule is COC(C)COCCN1C(=O)c2ccc3c4c(ccc(c24)C1=O)C(=O)N(c1nccs1)C3=O. The molecule has 3 aromatic rings. The standard InChI is InChI=1S/C23H19N3O6S/c1-12(31-2)11-32-9-8-25-19(27)13-3-5-15-18-16(6-4-14(17(13)18)20(25)28)22(30)26(21(15)29)23-24-7-10-33-23/h3-7,10,12H,8-9,11H2,1-2H3. The van der Waals surface area contributed by atoms with Crippen molar-refractivity contribution in [3.05, 3.63) is 58.1 Å². The summed E-state index contributed by atoms with van der Waals surface area (Å²) in [6.07, 6.45) is 1.41. The summed E-state index contributed by atoms with van der Waals surface area (Å²) in [5, 5.41) is 2.62. The molecule has 33 heavy (non-hydrogen) atoms. The van der Waals surface area contributed by atoms with Crippen molar-refractivity contribution < 1.29 is 28.7 Å². The van der Waals surface area contributed by atoms with Crippen LogP contribution in [0.5, 0.6) is 0 Å². The molecule has 2 aromatic carbocycles. The van der Waals surface area contributed by atoms with Gasteiger partial charge in [-0.1, -0.05) is 0 Å². The van der Waals surface area contributed by atoms with E-state index in [9.17, 15) is 19.2 Å². The number of amides is 4. The lowest BCUT2D eigenvalue weighted by Crippen LogP contribution is -2.44. The number of nitrogens with zero attached hydrogens (tertiary/aromatic N) is 3. The molecule has 4 amide bonds. The van der Waals surface area contributed by atoms with Gasteiger partial charge in [0, 0.05) is 51.7 Å². The zero-order chi connectivity index (χ0) is 23.3. The molecule has 168 valence electrons. The number of methoxy groups -OCH3 is 1. The van der Waals surface area contributed by atoms with Gasteiger partial charge >= 0.3 is 0 Å². The van der Waals surface area contributed by atoms with Crippen molar-refractivity contribution in [1.29, 1.82) is 0 Å². The topological polar surface area (TPSA) is 106 Å². The van der Waals surface area contributed by atoms with E-state index in [2.05, 4.69) is 4.98 Å². The number of rotatable bonds is 7. The molecule has 9 nitrogen and oxygen atoms in total. The highest BCUT2D eigenvalue weighted by molar-refractivity contribution is 7.14. The maximum atomic E-state index is 13.2. The number of carbonyl (C=O) groups excluding carboxylic acids is 4. The fourth-order valence-electron chi connectivity index (χ4n) is 4.10. The van der Waals surface area contributed by atoms with Crippen molar-refractivity contribution in [1.82, 2.24) is 9.88 Å². The summed E-state index contributed by atoms with van der Waals surface area (Å²) in [7, 11) is 1.58. The maximum absolute atomic E-state index is 13.2. The minimum absolute atomic E-state index is 0.0776. The third-order valence-electron chi connectivity index (χ3n) is 5.80. The predicted octanol–water partition coefficient (Wildman–Crippen LogP) is 2.74. The van der Waals surface area contributed by atoms with E-state index in [4.69, 9.17) is 9.47 Å². The van der Waals surface area contributed by atoms with Gasteiger partial charge in [0.2, 0.25) is 0 Å². The molecule has 0 fully saturated rings. The molecule has 2 aliphatic rings. The second kappa shape index (κ2) is 8.14. The Bertz CT molecular complexity index is 1250. The van der Waals surface area contributed by atoms with Crippen molar-refractivity contribution in [2.45, 2.75) is 13.0 Å². The quantitative estimate of drug-likeness (QED) is 0.390. The summed E-state index contributed by atoms with van der Waals surface area (Å²) in [4.78, 5) is 59.0. The van der Waals surface area contributed by atoms with Crippen LogP contribution in [0.3, 0.4) is 0 Å². The Balaban J connectivity index is 1.53. The van der Waals surface area contributed by atoms with Crippen molar-refractivity contribution in [2.75, 3.05) is 31.8 Å². The van der Waals surface area contributed by atoms with Crippen LogP contribution in [0.4, 0.5) is 5.13 Å². The molecule has 0 spiro atoms. The monoisotopic (exact) mass is 465 g/mol.